The number of aliphatic carboxylic acids is 1. The summed E-state index contributed by atoms with van der Waals surface area (Å²) in [6.45, 7) is 0.538. The van der Waals surface area contributed by atoms with Crippen LogP contribution in [0.5, 0.6) is 5.75 Å². The number of hydrogen-bond acceptors (Lipinski definition) is 3. The van der Waals surface area contributed by atoms with Crippen LogP contribution >= 0.6 is 11.6 Å². The van der Waals surface area contributed by atoms with Crippen molar-refractivity contribution in [1.29, 1.82) is 0 Å². The molecule has 0 bridgehead atoms. The first-order chi connectivity index (χ1) is 11.5. The van der Waals surface area contributed by atoms with Crippen LogP contribution in [0.25, 0.3) is 0 Å². The molecular formula is C18H19ClFNO3. The van der Waals surface area contributed by atoms with Gasteiger partial charge < -0.3 is 15.5 Å². The SMILES string of the molecule is O=C(O)CCCCNC(c1ccc(Cl)cc1)c1cc(F)ccc1O. The topological polar surface area (TPSA) is 69.6 Å². The van der Waals surface area contributed by atoms with Gasteiger partial charge in [-0.3, -0.25) is 4.79 Å². The van der Waals surface area contributed by atoms with Gasteiger partial charge in [0.05, 0.1) is 6.04 Å². The molecule has 1 atom stereocenters. The molecule has 6 heteroatoms. The Morgan fingerprint density at radius 1 is 1.17 bits per heavy atom. The van der Waals surface area contributed by atoms with Crippen molar-refractivity contribution in [3.63, 3.8) is 0 Å². The molecule has 1 unspecified atom stereocenters. The summed E-state index contributed by atoms with van der Waals surface area (Å²) in [7, 11) is 0. The Morgan fingerprint density at radius 2 is 1.88 bits per heavy atom. The first-order valence-electron chi connectivity index (χ1n) is 7.66. The van der Waals surface area contributed by atoms with Gasteiger partial charge in [-0.2, -0.15) is 0 Å². The van der Waals surface area contributed by atoms with Gasteiger partial charge in [-0.25, -0.2) is 4.39 Å². The average molecular weight is 352 g/mol. The summed E-state index contributed by atoms with van der Waals surface area (Å²) in [5, 5.41) is 22.6. The van der Waals surface area contributed by atoms with Crippen LogP contribution in [0.15, 0.2) is 42.5 Å². The van der Waals surface area contributed by atoms with Crippen molar-refractivity contribution >= 4 is 17.6 Å². The van der Waals surface area contributed by atoms with E-state index < -0.39 is 17.8 Å². The number of carboxylic acids is 1. The van der Waals surface area contributed by atoms with Crippen molar-refractivity contribution in [3.05, 3.63) is 64.4 Å². The van der Waals surface area contributed by atoms with Crippen LogP contribution in [0.4, 0.5) is 4.39 Å². The van der Waals surface area contributed by atoms with Gasteiger partial charge >= 0.3 is 5.97 Å². The molecule has 2 aromatic carbocycles. The van der Waals surface area contributed by atoms with Crippen molar-refractivity contribution in [3.8, 4) is 5.75 Å². The molecular weight excluding hydrogens is 333 g/mol. The van der Waals surface area contributed by atoms with Crippen LogP contribution in [0.1, 0.15) is 36.4 Å². The summed E-state index contributed by atoms with van der Waals surface area (Å²) >= 11 is 5.91. The summed E-state index contributed by atoms with van der Waals surface area (Å²) in [5.41, 5.74) is 1.26. The number of benzene rings is 2. The molecule has 4 nitrogen and oxygen atoms in total. The molecule has 0 aliphatic heterocycles. The minimum Gasteiger partial charge on any atom is -0.508 e. The van der Waals surface area contributed by atoms with Crippen LogP contribution in [0.2, 0.25) is 5.02 Å². The molecule has 0 aliphatic carbocycles. The zero-order chi connectivity index (χ0) is 17.5. The molecule has 0 saturated carbocycles. The molecule has 24 heavy (non-hydrogen) atoms. The minimum absolute atomic E-state index is 0.00520. The Balaban J connectivity index is 2.17. The highest BCUT2D eigenvalue weighted by Gasteiger charge is 2.18. The Kier molecular flexibility index (Phi) is 6.58. The molecule has 0 amide bonds. The van der Waals surface area contributed by atoms with Crippen LogP contribution in [0, 0.1) is 5.82 Å². The molecule has 0 heterocycles. The number of phenols is 1. The van der Waals surface area contributed by atoms with Gasteiger partial charge in [0.15, 0.2) is 0 Å². The fraction of sp³-hybridized carbons (Fsp3) is 0.278. The van der Waals surface area contributed by atoms with Crippen molar-refractivity contribution in [2.24, 2.45) is 0 Å². The second-order valence-electron chi connectivity index (χ2n) is 5.49. The third-order valence-corrected chi connectivity index (χ3v) is 3.92. The molecule has 128 valence electrons. The molecule has 0 aliphatic rings. The smallest absolute Gasteiger partial charge is 0.303 e. The van der Waals surface area contributed by atoms with E-state index in [-0.39, 0.29) is 12.2 Å². The Labute approximate surface area is 144 Å². The van der Waals surface area contributed by atoms with Gasteiger partial charge in [-0.1, -0.05) is 23.7 Å². The van der Waals surface area contributed by atoms with Crippen LogP contribution < -0.4 is 5.32 Å². The number of unbranched alkanes of at least 4 members (excludes halogenated alkanes) is 1. The van der Waals surface area contributed by atoms with E-state index in [1.165, 1.54) is 18.2 Å². The lowest BCUT2D eigenvalue weighted by atomic mass is 9.97. The van der Waals surface area contributed by atoms with E-state index >= 15 is 0 Å². The van der Waals surface area contributed by atoms with Gasteiger partial charge in [0.25, 0.3) is 0 Å². The van der Waals surface area contributed by atoms with Crippen molar-refractivity contribution in [2.75, 3.05) is 6.54 Å². The number of phenolic OH excluding ortho intramolecular Hbond substituents is 1. The number of aromatic hydroxyl groups is 1. The standard InChI is InChI=1S/C18H19ClFNO3/c19-13-6-4-12(5-7-13)18(21-10-2-1-3-17(23)24)15-11-14(20)8-9-16(15)22/h4-9,11,18,21-22H,1-3,10H2,(H,23,24). The minimum atomic E-state index is -0.827. The van der Waals surface area contributed by atoms with E-state index in [4.69, 9.17) is 16.7 Å². The Morgan fingerprint density at radius 3 is 2.54 bits per heavy atom. The highest BCUT2D eigenvalue weighted by atomic mass is 35.5. The van der Waals surface area contributed by atoms with Gasteiger partial charge in [-0.15, -0.1) is 0 Å². The zero-order valence-corrected chi connectivity index (χ0v) is 13.8. The van der Waals surface area contributed by atoms with Gasteiger partial charge in [0, 0.05) is 17.0 Å². The maximum Gasteiger partial charge on any atom is 0.303 e. The van der Waals surface area contributed by atoms with Crippen LogP contribution in [-0.4, -0.2) is 22.7 Å². The number of rotatable bonds is 8. The largest absolute Gasteiger partial charge is 0.508 e. The molecule has 2 aromatic rings. The molecule has 0 spiro atoms. The van der Waals surface area contributed by atoms with Gasteiger partial charge in [0.1, 0.15) is 11.6 Å². The lowest BCUT2D eigenvalue weighted by molar-refractivity contribution is -0.137. The summed E-state index contributed by atoms with van der Waals surface area (Å²) < 4.78 is 13.6. The second kappa shape index (κ2) is 8.66. The average Bonchev–Trinajstić information content (AvgIpc) is 2.54. The van der Waals surface area contributed by atoms with E-state index in [0.29, 0.717) is 30.0 Å². The molecule has 0 aromatic heterocycles. The maximum atomic E-state index is 13.6. The van der Waals surface area contributed by atoms with E-state index in [0.717, 1.165) is 5.56 Å². The molecule has 0 fully saturated rings. The molecule has 3 N–H and O–H groups in total. The summed E-state index contributed by atoms with van der Waals surface area (Å²) in [6.07, 6.45) is 1.32. The second-order valence-corrected chi connectivity index (χ2v) is 5.93. The van der Waals surface area contributed by atoms with E-state index in [1.54, 1.807) is 12.1 Å². The van der Waals surface area contributed by atoms with Crippen LogP contribution in [0.3, 0.4) is 0 Å². The van der Waals surface area contributed by atoms with Crippen molar-refractivity contribution in [2.45, 2.75) is 25.3 Å². The predicted octanol–water partition coefficient (Wildman–Crippen LogP) is 4.12. The maximum absolute atomic E-state index is 13.6. The third kappa shape index (κ3) is 5.22. The Hall–Kier alpha value is -2.11. The third-order valence-electron chi connectivity index (χ3n) is 3.67. The zero-order valence-electron chi connectivity index (χ0n) is 13.0. The normalized spacial score (nSPS) is 12.1. The van der Waals surface area contributed by atoms with E-state index in [9.17, 15) is 14.3 Å². The number of carboxylic acid groups (broad SMARTS) is 1. The summed E-state index contributed by atoms with van der Waals surface area (Å²) in [4.78, 5) is 10.5. The highest BCUT2D eigenvalue weighted by molar-refractivity contribution is 6.30. The summed E-state index contributed by atoms with van der Waals surface area (Å²) in [6, 6.07) is 10.5. The number of halogens is 2. The number of nitrogens with one attached hydrogen (secondary N) is 1. The fourth-order valence-electron chi connectivity index (χ4n) is 2.47. The number of carbonyl (C=O) groups is 1. The fourth-order valence-corrected chi connectivity index (χ4v) is 2.59. The van der Waals surface area contributed by atoms with E-state index in [2.05, 4.69) is 5.32 Å². The Bertz CT molecular complexity index is 691. The molecule has 0 radical (unpaired) electrons. The first kappa shape index (κ1) is 18.2. The van der Waals surface area contributed by atoms with Crippen molar-refractivity contribution < 1.29 is 19.4 Å². The number of hydrogen-bond donors (Lipinski definition) is 3. The van der Waals surface area contributed by atoms with E-state index in [1.807, 2.05) is 12.1 Å². The van der Waals surface area contributed by atoms with Gasteiger partial charge in [-0.05, 0) is 55.3 Å². The lowest BCUT2D eigenvalue weighted by Gasteiger charge is -2.21. The first-order valence-corrected chi connectivity index (χ1v) is 8.04. The highest BCUT2D eigenvalue weighted by Crippen LogP contribution is 2.30. The van der Waals surface area contributed by atoms with Crippen LogP contribution in [-0.2, 0) is 4.79 Å². The van der Waals surface area contributed by atoms with Gasteiger partial charge in [0.2, 0.25) is 0 Å². The summed E-state index contributed by atoms with van der Waals surface area (Å²) in [5.74, 6) is -1.27. The molecule has 0 saturated heterocycles. The molecule has 2 rings (SSSR count). The lowest BCUT2D eigenvalue weighted by Crippen LogP contribution is -2.24. The predicted molar refractivity (Wildman–Crippen MR) is 90.8 cm³/mol. The quantitative estimate of drug-likeness (QED) is 0.626. The monoisotopic (exact) mass is 351 g/mol. The van der Waals surface area contributed by atoms with Crippen molar-refractivity contribution in [1.82, 2.24) is 5.32 Å².